The van der Waals surface area contributed by atoms with Crippen LogP contribution in [-0.4, -0.2) is 12.1 Å². The minimum Gasteiger partial charge on any atom is -0.312 e. The molecule has 0 radical (unpaired) electrons. The van der Waals surface area contributed by atoms with Crippen LogP contribution in [0.5, 0.6) is 0 Å². The summed E-state index contributed by atoms with van der Waals surface area (Å²) in [5.41, 5.74) is 0.730. The van der Waals surface area contributed by atoms with Gasteiger partial charge in [0.05, 0.1) is 0 Å². The molecule has 0 aromatic heterocycles. The Balaban J connectivity index is 2.70. The second-order valence-electron chi connectivity index (χ2n) is 6.44. The average molecular weight is 255 g/mol. The van der Waals surface area contributed by atoms with E-state index in [4.69, 9.17) is 0 Å². The predicted molar refractivity (Wildman–Crippen MR) is 71.8 cm³/mol. The maximum atomic E-state index is 13.2. The first-order valence-corrected chi connectivity index (χ1v) is 6.32. The largest absolute Gasteiger partial charge is 0.312 e. The van der Waals surface area contributed by atoms with E-state index in [1.807, 2.05) is 13.8 Å². The molecule has 1 aromatic carbocycles. The normalized spacial score (nSPS) is 12.8. The molecule has 0 aliphatic heterocycles. The first-order valence-electron chi connectivity index (χ1n) is 6.32. The lowest BCUT2D eigenvalue weighted by Crippen LogP contribution is -2.38. The lowest BCUT2D eigenvalue weighted by Gasteiger charge is -2.28. The van der Waals surface area contributed by atoms with Gasteiger partial charge in [-0.25, -0.2) is 8.78 Å². The third kappa shape index (κ3) is 4.37. The van der Waals surface area contributed by atoms with Crippen molar-refractivity contribution in [2.75, 3.05) is 6.54 Å². The molecule has 0 heterocycles. The summed E-state index contributed by atoms with van der Waals surface area (Å²) in [5, 5.41) is 3.41. The Kier molecular flexibility index (Phi) is 4.49. The van der Waals surface area contributed by atoms with E-state index in [9.17, 15) is 8.78 Å². The maximum absolute atomic E-state index is 13.2. The van der Waals surface area contributed by atoms with E-state index in [-0.39, 0.29) is 11.0 Å². The maximum Gasteiger partial charge on any atom is 0.159 e. The fourth-order valence-corrected chi connectivity index (χ4v) is 1.81. The Labute approximate surface area is 109 Å². The van der Waals surface area contributed by atoms with Crippen molar-refractivity contribution in [1.82, 2.24) is 5.32 Å². The Morgan fingerprint density at radius 2 is 1.61 bits per heavy atom. The SMILES string of the molecule is CC(C)(C)NCCC(C)(C)c1ccc(F)c(F)c1. The van der Waals surface area contributed by atoms with Crippen LogP contribution < -0.4 is 5.32 Å². The van der Waals surface area contributed by atoms with Crippen LogP contribution >= 0.6 is 0 Å². The van der Waals surface area contributed by atoms with Crippen molar-refractivity contribution in [3.05, 3.63) is 35.4 Å². The molecule has 1 aromatic rings. The third-order valence-corrected chi connectivity index (χ3v) is 3.11. The Bertz CT molecular complexity index is 405. The molecular weight excluding hydrogens is 232 g/mol. The number of benzene rings is 1. The molecule has 0 atom stereocenters. The lowest BCUT2D eigenvalue weighted by molar-refractivity contribution is 0.378. The zero-order valence-electron chi connectivity index (χ0n) is 11.9. The molecular formula is C15H23F2N. The van der Waals surface area contributed by atoms with E-state index in [0.717, 1.165) is 18.5 Å². The zero-order chi connectivity index (χ0) is 14.0. The van der Waals surface area contributed by atoms with Crippen LogP contribution in [0.3, 0.4) is 0 Å². The molecule has 0 aliphatic rings. The minimum atomic E-state index is -0.789. The molecule has 3 heteroatoms. The minimum absolute atomic E-state index is 0.0735. The number of nitrogens with one attached hydrogen (secondary N) is 1. The number of hydrogen-bond acceptors (Lipinski definition) is 1. The van der Waals surface area contributed by atoms with E-state index >= 15 is 0 Å². The van der Waals surface area contributed by atoms with Crippen LogP contribution in [0.4, 0.5) is 8.78 Å². The van der Waals surface area contributed by atoms with Gasteiger partial charge in [0.1, 0.15) is 0 Å². The van der Waals surface area contributed by atoms with E-state index in [2.05, 4.69) is 26.1 Å². The summed E-state index contributed by atoms with van der Waals surface area (Å²) in [7, 11) is 0. The molecule has 1 N–H and O–H groups in total. The van der Waals surface area contributed by atoms with E-state index in [0.29, 0.717) is 0 Å². The van der Waals surface area contributed by atoms with Crippen molar-refractivity contribution >= 4 is 0 Å². The standard InChI is InChI=1S/C15H23F2N/c1-14(2,3)18-9-8-15(4,5)11-6-7-12(16)13(17)10-11/h6-7,10,18H,8-9H2,1-5H3. The average Bonchev–Trinajstić information content (AvgIpc) is 2.19. The van der Waals surface area contributed by atoms with Crippen LogP contribution in [0.15, 0.2) is 18.2 Å². The second-order valence-corrected chi connectivity index (χ2v) is 6.44. The van der Waals surface area contributed by atoms with Gasteiger partial charge in [-0.15, -0.1) is 0 Å². The van der Waals surface area contributed by atoms with E-state index < -0.39 is 11.6 Å². The van der Waals surface area contributed by atoms with Crippen LogP contribution in [-0.2, 0) is 5.41 Å². The summed E-state index contributed by atoms with van der Waals surface area (Å²) in [6.45, 7) is 11.3. The summed E-state index contributed by atoms with van der Waals surface area (Å²) < 4.78 is 26.1. The van der Waals surface area contributed by atoms with Gasteiger partial charge in [0, 0.05) is 5.54 Å². The van der Waals surface area contributed by atoms with Crippen molar-refractivity contribution < 1.29 is 8.78 Å². The van der Waals surface area contributed by atoms with Gasteiger partial charge in [-0.2, -0.15) is 0 Å². The van der Waals surface area contributed by atoms with Gasteiger partial charge >= 0.3 is 0 Å². The van der Waals surface area contributed by atoms with Gasteiger partial charge in [-0.05, 0) is 56.8 Å². The zero-order valence-corrected chi connectivity index (χ0v) is 11.9. The van der Waals surface area contributed by atoms with Crippen molar-refractivity contribution in [3.63, 3.8) is 0 Å². The molecule has 0 bridgehead atoms. The third-order valence-electron chi connectivity index (χ3n) is 3.11. The topological polar surface area (TPSA) is 12.0 Å². The highest BCUT2D eigenvalue weighted by molar-refractivity contribution is 5.25. The van der Waals surface area contributed by atoms with Crippen molar-refractivity contribution in [3.8, 4) is 0 Å². The van der Waals surface area contributed by atoms with Gasteiger partial charge in [0.25, 0.3) is 0 Å². The molecule has 18 heavy (non-hydrogen) atoms. The van der Waals surface area contributed by atoms with Gasteiger partial charge < -0.3 is 5.32 Å². The smallest absolute Gasteiger partial charge is 0.159 e. The molecule has 0 spiro atoms. The van der Waals surface area contributed by atoms with E-state index in [1.54, 1.807) is 6.07 Å². The number of hydrogen-bond donors (Lipinski definition) is 1. The predicted octanol–water partition coefficient (Wildman–Crippen LogP) is 4.02. The molecule has 0 aliphatic carbocycles. The summed E-state index contributed by atoms with van der Waals surface area (Å²) in [5.74, 6) is -1.56. The van der Waals surface area contributed by atoms with Crippen molar-refractivity contribution in [1.29, 1.82) is 0 Å². The molecule has 1 nitrogen and oxygen atoms in total. The highest BCUT2D eigenvalue weighted by Crippen LogP contribution is 2.27. The van der Waals surface area contributed by atoms with Gasteiger partial charge in [-0.3, -0.25) is 0 Å². The Morgan fingerprint density at radius 3 is 2.11 bits per heavy atom. The Morgan fingerprint density at radius 1 is 1.00 bits per heavy atom. The summed E-state index contributed by atoms with van der Waals surface area (Å²) in [6.07, 6.45) is 0.870. The molecule has 0 saturated carbocycles. The number of rotatable bonds is 4. The quantitative estimate of drug-likeness (QED) is 0.856. The molecule has 0 fully saturated rings. The van der Waals surface area contributed by atoms with Gasteiger partial charge in [-0.1, -0.05) is 19.9 Å². The highest BCUT2D eigenvalue weighted by atomic mass is 19.2. The van der Waals surface area contributed by atoms with Gasteiger partial charge in [0.15, 0.2) is 11.6 Å². The summed E-state index contributed by atoms with van der Waals surface area (Å²) >= 11 is 0. The monoisotopic (exact) mass is 255 g/mol. The van der Waals surface area contributed by atoms with Crippen LogP contribution in [0, 0.1) is 11.6 Å². The summed E-state index contributed by atoms with van der Waals surface area (Å²) in [4.78, 5) is 0. The Hall–Kier alpha value is -0.960. The molecule has 102 valence electrons. The van der Waals surface area contributed by atoms with Crippen LogP contribution in [0.25, 0.3) is 0 Å². The first-order chi connectivity index (χ1) is 8.12. The molecule has 0 unspecified atom stereocenters. The molecule has 0 saturated heterocycles. The van der Waals surface area contributed by atoms with Crippen LogP contribution in [0.2, 0.25) is 0 Å². The number of halogens is 2. The molecule has 0 amide bonds. The fourth-order valence-electron chi connectivity index (χ4n) is 1.81. The lowest BCUT2D eigenvalue weighted by atomic mass is 9.81. The van der Waals surface area contributed by atoms with Gasteiger partial charge in [0.2, 0.25) is 0 Å². The van der Waals surface area contributed by atoms with Crippen molar-refractivity contribution in [2.24, 2.45) is 0 Å². The fraction of sp³-hybridized carbons (Fsp3) is 0.600. The molecule has 1 rings (SSSR count). The van der Waals surface area contributed by atoms with Crippen LogP contribution in [0.1, 0.15) is 46.6 Å². The second kappa shape index (κ2) is 5.35. The van der Waals surface area contributed by atoms with E-state index in [1.165, 1.54) is 12.1 Å². The van der Waals surface area contributed by atoms with Crippen molar-refractivity contribution in [2.45, 2.75) is 52.0 Å². The summed E-state index contributed by atoms with van der Waals surface area (Å²) in [6, 6.07) is 4.16. The first kappa shape index (κ1) is 15.1. The highest BCUT2D eigenvalue weighted by Gasteiger charge is 2.22.